The van der Waals surface area contributed by atoms with Gasteiger partial charge in [0.2, 0.25) is 11.7 Å². The Morgan fingerprint density at radius 2 is 2.08 bits per heavy atom. The number of ether oxygens (including phenoxy) is 5. The number of carbonyl (C=O) groups excluding carboxylic acids is 3. The molecular weight excluding hydrogens is 508 g/mol. The molecule has 3 heterocycles. The number of carbonyl (C=O) groups is 3. The minimum atomic E-state index is -1.12. The number of esters is 2. The summed E-state index contributed by atoms with van der Waals surface area (Å²) in [6.07, 6.45) is 1.26. The molecule has 1 amide bonds. The van der Waals surface area contributed by atoms with Crippen molar-refractivity contribution in [2.45, 2.75) is 87.5 Å². The number of nitrogens with zero attached hydrogens (tertiary/aromatic N) is 1. The average Bonchev–Trinajstić information content (AvgIpc) is 3.35. The Bertz CT molecular complexity index is 1290. The first kappa shape index (κ1) is 26.1. The van der Waals surface area contributed by atoms with E-state index in [1.54, 1.807) is 27.0 Å². The Hall–Kier alpha value is -3.15. The van der Waals surface area contributed by atoms with Gasteiger partial charge < -0.3 is 39.0 Å². The van der Waals surface area contributed by atoms with Gasteiger partial charge in [-0.1, -0.05) is 6.07 Å². The molecule has 11 heteroatoms. The van der Waals surface area contributed by atoms with Crippen LogP contribution in [0.5, 0.6) is 11.5 Å². The van der Waals surface area contributed by atoms with Gasteiger partial charge in [-0.15, -0.1) is 0 Å². The number of nitrogens with one attached hydrogen (secondary N) is 1. The molecule has 1 aromatic carbocycles. The maximum absolute atomic E-state index is 13.1. The van der Waals surface area contributed by atoms with Crippen molar-refractivity contribution in [3.8, 4) is 11.5 Å². The third kappa shape index (κ3) is 3.70. The van der Waals surface area contributed by atoms with Crippen molar-refractivity contribution < 1.29 is 43.2 Å². The number of hydrogen-bond donors (Lipinski definition) is 2. The molecule has 2 fully saturated rings. The second-order valence-corrected chi connectivity index (χ2v) is 11.6. The zero-order valence-electron chi connectivity index (χ0n) is 22.7. The van der Waals surface area contributed by atoms with Crippen molar-refractivity contribution in [3.05, 3.63) is 35.1 Å². The van der Waals surface area contributed by atoms with Crippen molar-refractivity contribution in [2.75, 3.05) is 20.7 Å². The van der Waals surface area contributed by atoms with E-state index in [9.17, 15) is 19.5 Å². The highest BCUT2D eigenvalue weighted by atomic mass is 16.8. The van der Waals surface area contributed by atoms with Crippen LogP contribution in [0.1, 0.15) is 51.2 Å². The third-order valence-electron chi connectivity index (χ3n) is 8.91. The lowest BCUT2D eigenvalue weighted by Crippen LogP contribution is -2.74. The zero-order valence-corrected chi connectivity index (χ0v) is 22.7. The van der Waals surface area contributed by atoms with E-state index in [1.165, 1.54) is 6.92 Å². The summed E-state index contributed by atoms with van der Waals surface area (Å²) < 4.78 is 28.5. The molecule has 11 nitrogen and oxygen atoms in total. The van der Waals surface area contributed by atoms with Crippen LogP contribution in [-0.2, 0) is 40.4 Å². The Kier molecular flexibility index (Phi) is 5.80. The summed E-state index contributed by atoms with van der Waals surface area (Å²) in [5, 5.41) is 14.8. The van der Waals surface area contributed by atoms with Crippen LogP contribution >= 0.6 is 0 Å². The second kappa shape index (κ2) is 8.67. The predicted octanol–water partition coefficient (Wildman–Crippen LogP) is 1.09. The van der Waals surface area contributed by atoms with Gasteiger partial charge in [0.25, 0.3) is 0 Å². The van der Waals surface area contributed by atoms with Gasteiger partial charge in [-0.3, -0.25) is 4.79 Å². The molecule has 2 aliphatic carbocycles. The first-order chi connectivity index (χ1) is 18.4. The molecule has 2 bridgehead atoms. The normalized spacial score (nSPS) is 34.3. The Balaban J connectivity index is 1.23. The van der Waals surface area contributed by atoms with Crippen molar-refractivity contribution in [1.82, 2.24) is 10.2 Å². The minimum Gasteiger partial charge on any atom is -0.493 e. The van der Waals surface area contributed by atoms with Crippen LogP contribution in [0.25, 0.3) is 0 Å². The van der Waals surface area contributed by atoms with E-state index in [0.717, 1.165) is 17.7 Å². The number of piperidine rings is 1. The smallest absolute Gasteiger partial charge is 0.338 e. The van der Waals surface area contributed by atoms with E-state index in [4.69, 9.17) is 23.7 Å². The Labute approximate surface area is 226 Å². The Morgan fingerprint density at radius 1 is 1.31 bits per heavy atom. The second-order valence-electron chi connectivity index (χ2n) is 11.6. The monoisotopic (exact) mass is 542 g/mol. The SMILES string of the molecule is COc1ccc2c3c1OC1C(OC(=O)C(C)NC(=O)CC4OC(C)(C)OC4=O)=CCC4(O)C(C2)N(C)CCC314. The van der Waals surface area contributed by atoms with Gasteiger partial charge >= 0.3 is 11.9 Å². The first-order valence-corrected chi connectivity index (χ1v) is 13.3. The van der Waals surface area contributed by atoms with Crippen LogP contribution < -0.4 is 14.8 Å². The number of amides is 1. The van der Waals surface area contributed by atoms with Crippen molar-refractivity contribution in [1.29, 1.82) is 0 Å². The van der Waals surface area contributed by atoms with Crippen LogP contribution in [0.15, 0.2) is 24.0 Å². The molecule has 0 radical (unpaired) electrons. The number of rotatable bonds is 6. The summed E-state index contributed by atoms with van der Waals surface area (Å²) in [7, 11) is 3.60. The highest BCUT2D eigenvalue weighted by molar-refractivity contribution is 5.88. The van der Waals surface area contributed by atoms with Crippen LogP contribution in [0.3, 0.4) is 0 Å². The predicted molar refractivity (Wildman–Crippen MR) is 135 cm³/mol. The van der Waals surface area contributed by atoms with Gasteiger partial charge in [-0.25, -0.2) is 9.59 Å². The molecule has 0 saturated carbocycles. The molecule has 3 aliphatic heterocycles. The lowest BCUT2D eigenvalue weighted by molar-refractivity contribution is -0.170. The summed E-state index contributed by atoms with van der Waals surface area (Å²) in [4.78, 5) is 39.9. The number of hydrogen-bond acceptors (Lipinski definition) is 10. The van der Waals surface area contributed by atoms with Gasteiger partial charge in [0, 0.05) is 31.9 Å². The summed E-state index contributed by atoms with van der Waals surface area (Å²) in [5.41, 5.74) is 0.117. The zero-order chi connectivity index (χ0) is 27.9. The van der Waals surface area contributed by atoms with E-state index in [-0.39, 0.29) is 18.9 Å². The quantitative estimate of drug-likeness (QED) is 0.504. The molecule has 0 aromatic heterocycles. The van der Waals surface area contributed by atoms with Gasteiger partial charge in [0.05, 0.1) is 24.5 Å². The minimum absolute atomic E-state index is 0.120. The summed E-state index contributed by atoms with van der Waals surface area (Å²) >= 11 is 0. The van der Waals surface area contributed by atoms with Crippen LogP contribution in [0.2, 0.25) is 0 Å². The molecule has 6 atom stereocenters. The number of likely N-dealkylation sites (tertiary alicyclic amines) is 1. The van der Waals surface area contributed by atoms with E-state index in [2.05, 4.69) is 10.2 Å². The molecule has 6 rings (SSSR count). The number of methoxy groups -OCH3 is 1. The van der Waals surface area contributed by atoms with E-state index in [0.29, 0.717) is 30.1 Å². The van der Waals surface area contributed by atoms with E-state index in [1.807, 2.05) is 19.2 Å². The molecule has 2 saturated heterocycles. The first-order valence-electron chi connectivity index (χ1n) is 13.3. The average molecular weight is 543 g/mol. The van der Waals surface area contributed by atoms with Crippen molar-refractivity contribution in [3.63, 3.8) is 0 Å². The third-order valence-corrected chi connectivity index (χ3v) is 8.91. The molecule has 2 N–H and O–H groups in total. The fourth-order valence-electron chi connectivity index (χ4n) is 7.17. The molecule has 5 aliphatic rings. The maximum Gasteiger partial charge on any atom is 0.338 e. The maximum atomic E-state index is 13.1. The molecule has 1 aromatic rings. The standard InChI is InChI=1S/C28H34N2O9/c1-14(29-20(31)13-18-25(33)39-26(2,3)38-18)24(32)36-17-8-9-28(34)19-12-15-6-7-16(35-5)22-21(15)27(28,23(17)37-22)10-11-30(19)4/h6-8,14,18-19,23,34H,9-13H2,1-5H3,(H,29,31). The van der Waals surface area contributed by atoms with Gasteiger partial charge in [-0.05, 0) is 51.1 Å². The molecule has 210 valence electrons. The number of likely N-dealkylation sites (N-methyl/N-ethyl adjacent to an activating group) is 1. The van der Waals surface area contributed by atoms with Crippen LogP contribution in [-0.4, -0.2) is 84.2 Å². The van der Waals surface area contributed by atoms with E-state index >= 15 is 0 Å². The molecular formula is C28H34N2O9. The van der Waals surface area contributed by atoms with Crippen LogP contribution in [0.4, 0.5) is 0 Å². The fraction of sp³-hybridized carbons (Fsp3) is 0.607. The van der Waals surface area contributed by atoms with Crippen molar-refractivity contribution >= 4 is 17.8 Å². The summed E-state index contributed by atoms with van der Waals surface area (Å²) in [6.45, 7) is 5.43. The molecule has 1 spiro atoms. The molecule has 6 unspecified atom stereocenters. The number of aliphatic hydroxyl groups is 1. The summed E-state index contributed by atoms with van der Waals surface area (Å²) in [5.74, 6) is -1.50. The lowest BCUT2D eigenvalue weighted by Gasteiger charge is -2.61. The lowest BCUT2D eigenvalue weighted by atomic mass is 9.50. The van der Waals surface area contributed by atoms with Crippen molar-refractivity contribution in [2.24, 2.45) is 0 Å². The number of cyclic esters (lactones) is 1. The topological polar surface area (TPSA) is 133 Å². The van der Waals surface area contributed by atoms with E-state index < -0.39 is 52.9 Å². The summed E-state index contributed by atoms with van der Waals surface area (Å²) in [6, 6.07) is 2.78. The number of benzene rings is 1. The fourth-order valence-corrected chi connectivity index (χ4v) is 7.17. The van der Waals surface area contributed by atoms with Gasteiger partial charge in [-0.2, -0.15) is 0 Å². The van der Waals surface area contributed by atoms with Gasteiger partial charge in [0.1, 0.15) is 11.8 Å². The Morgan fingerprint density at radius 3 is 2.77 bits per heavy atom. The largest absolute Gasteiger partial charge is 0.493 e. The van der Waals surface area contributed by atoms with Crippen LogP contribution in [0, 0.1) is 0 Å². The molecule has 39 heavy (non-hydrogen) atoms. The highest BCUT2D eigenvalue weighted by Gasteiger charge is 2.72. The van der Waals surface area contributed by atoms with Gasteiger partial charge in [0.15, 0.2) is 23.7 Å². The highest BCUT2D eigenvalue weighted by Crippen LogP contribution is 2.65.